The van der Waals surface area contributed by atoms with E-state index in [4.69, 9.17) is 0 Å². The zero-order valence-corrected chi connectivity index (χ0v) is 15.7. The van der Waals surface area contributed by atoms with E-state index in [1.807, 2.05) is 6.92 Å². The number of para-hydroxylation sites is 1. The first-order valence-electron chi connectivity index (χ1n) is 8.70. The molecule has 0 saturated heterocycles. The average molecular weight is 396 g/mol. The molecule has 0 bridgehead atoms. The van der Waals surface area contributed by atoms with Gasteiger partial charge >= 0.3 is 11.8 Å². The van der Waals surface area contributed by atoms with Crippen molar-refractivity contribution >= 4 is 23.7 Å². The molecule has 3 aromatic rings. The number of halogens is 2. The van der Waals surface area contributed by atoms with E-state index in [9.17, 15) is 18.4 Å². The normalized spacial score (nSPS) is 10.9. The van der Waals surface area contributed by atoms with Crippen molar-refractivity contribution in [3.63, 3.8) is 0 Å². The standard InChI is InChI=1S/C21H18F2N4O2/c1-13-11-15(14(2)27(13)19-6-4-3-5-18(19)23)12-24-26-21(29)20(28)25-17-9-7-16(22)8-10-17/h3-12H,1-2H3,(H,25,28)(H,26,29)/b24-12-. The molecule has 0 atom stereocenters. The molecule has 8 heteroatoms. The molecule has 0 radical (unpaired) electrons. The topological polar surface area (TPSA) is 75.5 Å². The maximum Gasteiger partial charge on any atom is 0.329 e. The molecule has 2 aromatic carbocycles. The Balaban J connectivity index is 1.68. The third-order valence-corrected chi connectivity index (χ3v) is 4.24. The van der Waals surface area contributed by atoms with Crippen LogP contribution >= 0.6 is 0 Å². The third kappa shape index (κ3) is 4.55. The molecule has 148 valence electrons. The Morgan fingerprint density at radius 2 is 1.69 bits per heavy atom. The predicted molar refractivity (Wildman–Crippen MR) is 106 cm³/mol. The molecule has 1 heterocycles. The Labute approximate surface area is 165 Å². The van der Waals surface area contributed by atoms with Gasteiger partial charge in [0.25, 0.3) is 0 Å². The summed E-state index contributed by atoms with van der Waals surface area (Å²) in [6, 6.07) is 13.2. The smallest absolute Gasteiger partial charge is 0.318 e. The molecule has 2 amide bonds. The van der Waals surface area contributed by atoms with Gasteiger partial charge in [-0.25, -0.2) is 14.2 Å². The van der Waals surface area contributed by atoms with Crippen LogP contribution in [0.2, 0.25) is 0 Å². The van der Waals surface area contributed by atoms with Crippen molar-refractivity contribution in [2.24, 2.45) is 5.10 Å². The number of carbonyl (C=O) groups excluding carboxylic acids is 2. The van der Waals surface area contributed by atoms with E-state index >= 15 is 0 Å². The molecule has 0 spiro atoms. The van der Waals surface area contributed by atoms with Gasteiger partial charge in [-0.1, -0.05) is 12.1 Å². The Bertz CT molecular complexity index is 1090. The summed E-state index contributed by atoms with van der Waals surface area (Å²) < 4.78 is 28.7. The number of aryl methyl sites for hydroxylation is 1. The number of anilines is 1. The fourth-order valence-electron chi connectivity index (χ4n) is 2.85. The molecule has 3 rings (SSSR count). The summed E-state index contributed by atoms with van der Waals surface area (Å²) in [5.74, 6) is -2.73. The first kappa shape index (κ1) is 19.9. The van der Waals surface area contributed by atoms with Crippen LogP contribution < -0.4 is 10.7 Å². The molecule has 0 fully saturated rings. The van der Waals surface area contributed by atoms with Gasteiger partial charge < -0.3 is 9.88 Å². The second-order valence-corrected chi connectivity index (χ2v) is 6.27. The fourth-order valence-corrected chi connectivity index (χ4v) is 2.85. The van der Waals surface area contributed by atoms with Gasteiger partial charge in [0.2, 0.25) is 0 Å². The van der Waals surface area contributed by atoms with Gasteiger partial charge in [-0.15, -0.1) is 0 Å². The van der Waals surface area contributed by atoms with Gasteiger partial charge in [0.15, 0.2) is 0 Å². The summed E-state index contributed by atoms with van der Waals surface area (Å²) in [7, 11) is 0. The largest absolute Gasteiger partial charge is 0.329 e. The Kier molecular flexibility index (Phi) is 5.82. The number of amides is 2. The lowest BCUT2D eigenvalue weighted by molar-refractivity contribution is -0.136. The first-order valence-corrected chi connectivity index (χ1v) is 8.70. The number of rotatable bonds is 4. The van der Waals surface area contributed by atoms with Crippen LogP contribution in [-0.2, 0) is 9.59 Å². The Hall–Kier alpha value is -3.81. The number of nitrogens with zero attached hydrogens (tertiary/aromatic N) is 2. The lowest BCUT2D eigenvalue weighted by atomic mass is 10.2. The quantitative estimate of drug-likeness (QED) is 0.403. The van der Waals surface area contributed by atoms with Crippen molar-refractivity contribution in [1.82, 2.24) is 9.99 Å². The monoisotopic (exact) mass is 396 g/mol. The average Bonchev–Trinajstić information content (AvgIpc) is 2.97. The van der Waals surface area contributed by atoms with E-state index in [2.05, 4.69) is 15.8 Å². The third-order valence-electron chi connectivity index (χ3n) is 4.24. The minimum atomic E-state index is -0.978. The summed E-state index contributed by atoms with van der Waals surface area (Å²) in [5, 5.41) is 6.13. The van der Waals surface area contributed by atoms with E-state index in [1.165, 1.54) is 24.4 Å². The molecule has 0 unspecified atom stereocenters. The van der Waals surface area contributed by atoms with Crippen LogP contribution in [0, 0.1) is 25.5 Å². The van der Waals surface area contributed by atoms with Crippen molar-refractivity contribution in [3.8, 4) is 5.69 Å². The molecule has 0 aliphatic carbocycles. The predicted octanol–water partition coefficient (Wildman–Crippen LogP) is 3.46. The highest BCUT2D eigenvalue weighted by atomic mass is 19.1. The molecule has 0 saturated carbocycles. The van der Waals surface area contributed by atoms with Crippen LogP contribution in [0.15, 0.2) is 59.7 Å². The van der Waals surface area contributed by atoms with Crippen LogP contribution in [-0.4, -0.2) is 22.6 Å². The van der Waals surface area contributed by atoms with Gasteiger partial charge in [0.1, 0.15) is 11.6 Å². The second kappa shape index (κ2) is 8.47. The summed E-state index contributed by atoms with van der Waals surface area (Å²) >= 11 is 0. The van der Waals surface area contributed by atoms with Crippen molar-refractivity contribution in [2.45, 2.75) is 13.8 Å². The summed E-state index contributed by atoms with van der Waals surface area (Å²) in [4.78, 5) is 23.7. The minimum absolute atomic E-state index is 0.281. The van der Waals surface area contributed by atoms with Gasteiger partial charge in [0, 0.05) is 22.6 Å². The van der Waals surface area contributed by atoms with Gasteiger partial charge in [-0.2, -0.15) is 5.10 Å². The molecule has 6 nitrogen and oxygen atoms in total. The summed E-state index contributed by atoms with van der Waals surface area (Å²) in [6.07, 6.45) is 1.38. The lowest BCUT2D eigenvalue weighted by Gasteiger charge is -2.10. The highest BCUT2D eigenvalue weighted by Crippen LogP contribution is 2.21. The van der Waals surface area contributed by atoms with E-state index < -0.39 is 17.6 Å². The molecule has 0 aliphatic heterocycles. The van der Waals surface area contributed by atoms with E-state index in [0.717, 1.165) is 23.5 Å². The van der Waals surface area contributed by atoms with Crippen LogP contribution in [0.5, 0.6) is 0 Å². The molecule has 29 heavy (non-hydrogen) atoms. The van der Waals surface area contributed by atoms with Crippen LogP contribution in [0.4, 0.5) is 14.5 Å². The molecular weight excluding hydrogens is 378 g/mol. The second-order valence-electron chi connectivity index (χ2n) is 6.27. The van der Waals surface area contributed by atoms with Gasteiger partial charge in [0.05, 0.1) is 11.9 Å². The number of aromatic nitrogens is 1. The van der Waals surface area contributed by atoms with Gasteiger partial charge in [-0.05, 0) is 56.3 Å². The number of nitrogens with one attached hydrogen (secondary N) is 2. The van der Waals surface area contributed by atoms with Crippen LogP contribution in [0.25, 0.3) is 5.69 Å². The van der Waals surface area contributed by atoms with E-state index in [-0.39, 0.29) is 11.5 Å². The number of hydrogen-bond donors (Lipinski definition) is 2. The highest BCUT2D eigenvalue weighted by molar-refractivity contribution is 6.39. The van der Waals surface area contributed by atoms with Crippen molar-refractivity contribution in [3.05, 3.63) is 83.2 Å². The SMILES string of the molecule is Cc1cc(/C=N\NC(=O)C(=O)Nc2ccc(F)cc2)c(C)n1-c1ccccc1F. The maximum atomic E-state index is 14.1. The molecule has 0 aliphatic rings. The van der Waals surface area contributed by atoms with E-state index in [0.29, 0.717) is 11.3 Å². The lowest BCUT2D eigenvalue weighted by Crippen LogP contribution is -2.32. The Morgan fingerprint density at radius 1 is 1.00 bits per heavy atom. The molecular formula is C21H18F2N4O2. The zero-order valence-electron chi connectivity index (χ0n) is 15.7. The summed E-state index contributed by atoms with van der Waals surface area (Å²) in [6.45, 7) is 3.62. The van der Waals surface area contributed by atoms with Crippen LogP contribution in [0.3, 0.4) is 0 Å². The van der Waals surface area contributed by atoms with E-state index in [1.54, 1.807) is 35.8 Å². The van der Waals surface area contributed by atoms with Crippen molar-refractivity contribution in [2.75, 3.05) is 5.32 Å². The van der Waals surface area contributed by atoms with Crippen LogP contribution in [0.1, 0.15) is 17.0 Å². The Morgan fingerprint density at radius 3 is 2.38 bits per heavy atom. The van der Waals surface area contributed by atoms with Crippen molar-refractivity contribution < 1.29 is 18.4 Å². The number of carbonyl (C=O) groups is 2. The molecule has 2 N–H and O–H groups in total. The highest BCUT2D eigenvalue weighted by Gasteiger charge is 2.14. The summed E-state index contributed by atoms with van der Waals surface area (Å²) in [5.41, 5.74) is 4.99. The fraction of sp³-hybridized carbons (Fsp3) is 0.0952. The number of hydrogen-bond acceptors (Lipinski definition) is 3. The number of benzene rings is 2. The zero-order chi connectivity index (χ0) is 21.0. The molecule has 1 aromatic heterocycles. The first-order chi connectivity index (χ1) is 13.9. The maximum absolute atomic E-state index is 14.1. The minimum Gasteiger partial charge on any atom is -0.318 e. The van der Waals surface area contributed by atoms with Crippen molar-refractivity contribution in [1.29, 1.82) is 0 Å². The van der Waals surface area contributed by atoms with Gasteiger partial charge in [-0.3, -0.25) is 9.59 Å². The number of hydrazone groups is 1.